The Morgan fingerprint density at radius 2 is 1.77 bits per heavy atom. The smallest absolute Gasteiger partial charge is 0.0844 e. The van der Waals surface area contributed by atoms with Gasteiger partial charge in [0.2, 0.25) is 0 Å². The minimum Gasteiger partial charge on any atom is -0.266 e. The van der Waals surface area contributed by atoms with Crippen molar-refractivity contribution < 1.29 is 15.3 Å². The molecule has 0 aromatic carbocycles. The molecule has 0 aliphatic carbocycles. The zero-order valence-electron chi connectivity index (χ0n) is 8.73. The molecule has 0 aliphatic rings. The first kappa shape index (κ1) is 12.8. The number of rotatable bonds is 7. The summed E-state index contributed by atoms with van der Waals surface area (Å²) in [5.74, 6) is 0.619. The highest BCUT2D eigenvalue weighted by Crippen LogP contribution is 2.14. The van der Waals surface area contributed by atoms with E-state index in [1.165, 1.54) is 0 Å². The van der Waals surface area contributed by atoms with E-state index in [0.29, 0.717) is 5.92 Å². The Balaban J connectivity index is 3.66. The molecule has 2 N–H and O–H groups in total. The van der Waals surface area contributed by atoms with Crippen LogP contribution in [0.4, 0.5) is 0 Å². The summed E-state index contributed by atoms with van der Waals surface area (Å²) >= 11 is 0. The summed E-state index contributed by atoms with van der Waals surface area (Å²) in [7, 11) is 0. The lowest BCUT2D eigenvalue weighted by atomic mass is 10.0. The maximum Gasteiger partial charge on any atom is 0.0844 e. The molecule has 0 spiro atoms. The van der Waals surface area contributed by atoms with Crippen LogP contribution in [0.15, 0.2) is 0 Å². The van der Waals surface area contributed by atoms with Gasteiger partial charge in [-0.25, -0.2) is 4.84 Å². The zero-order chi connectivity index (χ0) is 10.3. The van der Waals surface area contributed by atoms with Gasteiger partial charge in [0.05, 0.1) is 11.5 Å². The molecule has 0 saturated carbocycles. The van der Waals surface area contributed by atoms with Gasteiger partial charge in [0.25, 0.3) is 0 Å². The minimum atomic E-state index is -0.180. The fourth-order valence-corrected chi connectivity index (χ4v) is 1.22. The van der Waals surface area contributed by atoms with Crippen LogP contribution in [0, 0.1) is 5.92 Å². The van der Waals surface area contributed by atoms with E-state index < -0.39 is 0 Å². The Morgan fingerprint density at radius 1 is 1.15 bits per heavy atom. The van der Waals surface area contributed by atoms with E-state index in [2.05, 4.69) is 13.8 Å². The highest BCUT2D eigenvalue weighted by Gasteiger charge is 2.12. The van der Waals surface area contributed by atoms with Gasteiger partial charge in [0.1, 0.15) is 0 Å². The van der Waals surface area contributed by atoms with Crippen molar-refractivity contribution in [2.45, 2.75) is 52.6 Å². The predicted octanol–water partition coefficient (Wildman–Crippen LogP) is 2.60. The van der Waals surface area contributed by atoms with Crippen LogP contribution in [0.25, 0.3) is 0 Å². The molecule has 0 aromatic rings. The lowest BCUT2D eigenvalue weighted by molar-refractivity contribution is -0.505. The summed E-state index contributed by atoms with van der Waals surface area (Å²) < 4.78 is 0. The molecule has 0 radical (unpaired) electrons. The van der Waals surface area contributed by atoms with Crippen molar-refractivity contribution in [2.75, 3.05) is 0 Å². The molecule has 0 aliphatic heterocycles. The molecular formula is C9H21NO3. The van der Waals surface area contributed by atoms with Crippen molar-refractivity contribution in [1.29, 1.82) is 0 Å². The van der Waals surface area contributed by atoms with E-state index in [-0.39, 0.29) is 11.5 Å². The Bertz CT molecular complexity index is 117. The third-order valence-corrected chi connectivity index (χ3v) is 1.92. The van der Waals surface area contributed by atoms with Crippen LogP contribution in [0.2, 0.25) is 0 Å². The molecule has 0 rings (SSSR count). The second-order valence-electron chi connectivity index (χ2n) is 3.74. The minimum absolute atomic E-state index is 0.0811. The van der Waals surface area contributed by atoms with E-state index >= 15 is 0 Å². The molecule has 1 unspecified atom stereocenters. The normalized spacial score (nSPS) is 14.1. The third-order valence-electron chi connectivity index (χ3n) is 1.92. The molecule has 0 saturated heterocycles. The standard InChI is InChI=1S/C9H21NO3/c1-4-5-9(13-10(11)12)7-6-8(2)3/h8-9,11-12H,4-7H2,1-3H3. The van der Waals surface area contributed by atoms with E-state index in [1.807, 2.05) is 6.92 Å². The van der Waals surface area contributed by atoms with Crippen molar-refractivity contribution in [3.05, 3.63) is 0 Å². The molecule has 0 amide bonds. The van der Waals surface area contributed by atoms with Gasteiger partial charge in [-0.1, -0.05) is 27.2 Å². The van der Waals surface area contributed by atoms with E-state index in [4.69, 9.17) is 15.3 Å². The van der Waals surface area contributed by atoms with Gasteiger partial charge in [-0.05, 0) is 25.2 Å². The number of nitrogens with zero attached hydrogens (tertiary/aromatic N) is 1. The van der Waals surface area contributed by atoms with Gasteiger partial charge in [-0.15, -0.1) is 0 Å². The van der Waals surface area contributed by atoms with Gasteiger partial charge in [-0.2, -0.15) is 0 Å². The number of hydrogen-bond donors (Lipinski definition) is 2. The maximum atomic E-state index is 8.48. The molecule has 13 heavy (non-hydrogen) atoms. The quantitative estimate of drug-likeness (QED) is 0.607. The maximum absolute atomic E-state index is 8.48. The van der Waals surface area contributed by atoms with Crippen LogP contribution < -0.4 is 0 Å². The van der Waals surface area contributed by atoms with Gasteiger partial charge in [-0.3, -0.25) is 10.4 Å². The Labute approximate surface area is 80.0 Å². The molecule has 80 valence electrons. The molecule has 4 heteroatoms. The predicted molar refractivity (Wildman–Crippen MR) is 49.3 cm³/mol. The Kier molecular flexibility index (Phi) is 7.17. The second kappa shape index (κ2) is 7.26. The van der Waals surface area contributed by atoms with Crippen molar-refractivity contribution >= 4 is 0 Å². The van der Waals surface area contributed by atoms with Crippen LogP contribution in [0.1, 0.15) is 46.5 Å². The lowest BCUT2D eigenvalue weighted by Gasteiger charge is -2.18. The van der Waals surface area contributed by atoms with Gasteiger partial charge < -0.3 is 0 Å². The average molecular weight is 191 g/mol. The third kappa shape index (κ3) is 8.18. The monoisotopic (exact) mass is 191 g/mol. The van der Waals surface area contributed by atoms with E-state index in [0.717, 1.165) is 25.7 Å². The first-order valence-electron chi connectivity index (χ1n) is 4.90. The van der Waals surface area contributed by atoms with Crippen LogP contribution in [-0.4, -0.2) is 21.9 Å². The van der Waals surface area contributed by atoms with Crippen molar-refractivity contribution in [3.8, 4) is 0 Å². The molecule has 0 aromatic heterocycles. The summed E-state index contributed by atoms with van der Waals surface area (Å²) in [6.07, 6.45) is 3.66. The highest BCUT2D eigenvalue weighted by molar-refractivity contribution is 4.57. The van der Waals surface area contributed by atoms with Crippen LogP contribution in [0.5, 0.6) is 0 Å². The van der Waals surface area contributed by atoms with Crippen molar-refractivity contribution in [2.24, 2.45) is 5.92 Å². The van der Waals surface area contributed by atoms with E-state index in [9.17, 15) is 0 Å². The first-order chi connectivity index (χ1) is 6.06. The summed E-state index contributed by atoms with van der Waals surface area (Å²) in [5.41, 5.74) is 0. The largest absolute Gasteiger partial charge is 0.266 e. The zero-order valence-corrected chi connectivity index (χ0v) is 8.73. The summed E-state index contributed by atoms with van der Waals surface area (Å²) in [6.45, 7) is 6.32. The molecule has 4 nitrogen and oxygen atoms in total. The summed E-state index contributed by atoms with van der Waals surface area (Å²) in [5, 5.41) is 16.8. The second-order valence-corrected chi connectivity index (χ2v) is 3.74. The lowest BCUT2D eigenvalue weighted by Crippen LogP contribution is -2.24. The van der Waals surface area contributed by atoms with Gasteiger partial charge in [0, 0.05) is 0 Å². The van der Waals surface area contributed by atoms with Gasteiger partial charge >= 0.3 is 0 Å². The Hall–Kier alpha value is -0.160. The van der Waals surface area contributed by atoms with Crippen LogP contribution >= 0.6 is 0 Å². The topological polar surface area (TPSA) is 52.9 Å². The van der Waals surface area contributed by atoms with Crippen molar-refractivity contribution in [1.82, 2.24) is 5.39 Å². The highest BCUT2D eigenvalue weighted by atomic mass is 17.1. The van der Waals surface area contributed by atoms with Crippen molar-refractivity contribution in [3.63, 3.8) is 0 Å². The van der Waals surface area contributed by atoms with E-state index in [1.54, 1.807) is 0 Å². The fraction of sp³-hybridized carbons (Fsp3) is 1.00. The van der Waals surface area contributed by atoms with Crippen LogP contribution in [-0.2, 0) is 4.84 Å². The van der Waals surface area contributed by atoms with Crippen LogP contribution in [0.3, 0.4) is 0 Å². The average Bonchev–Trinajstić information content (AvgIpc) is 1.99. The molecule has 1 atom stereocenters. The molecular weight excluding hydrogens is 170 g/mol. The SMILES string of the molecule is CCCC(CCC(C)C)ON(O)O. The Morgan fingerprint density at radius 3 is 2.15 bits per heavy atom. The first-order valence-corrected chi connectivity index (χ1v) is 4.90. The summed E-state index contributed by atoms with van der Waals surface area (Å²) in [6, 6.07) is 0. The molecule has 0 heterocycles. The van der Waals surface area contributed by atoms with Gasteiger partial charge in [0.15, 0.2) is 0 Å². The molecule has 0 bridgehead atoms. The number of hydrogen-bond acceptors (Lipinski definition) is 4. The molecule has 0 fully saturated rings. The fourth-order valence-electron chi connectivity index (χ4n) is 1.22. The summed E-state index contributed by atoms with van der Waals surface area (Å²) in [4.78, 5) is 4.79.